The molecule has 0 aromatic carbocycles. The first kappa shape index (κ1) is 11.0. The van der Waals surface area contributed by atoms with E-state index < -0.39 is 0 Å². The fourth-order valence-electron chi connectivity index (χ4n) is 1.75. The molecule has 0 bridgehead atoms. The Hall–Kier alpha value is -0.450. The van der Waals surface area contributed by atoms with Crippen LogP contribution >= 0.6 is 11.3 Å². The summed E-state index contributed by atoms with van der Waals surface area (Å²) in [6.07, 6.45) is 3.13. The second-order valence-corrected chi connectivity index (χ2v) is 5.44. The van der Waals surface area contributed by atoms with Crippen LogP contribution in [0.1, 0.15) is 29.3 Å². The van der Waals surface area contributed by atoms with E-state index in [4.69, 9.17) is 4.74 Å². The summed E-state index contributed by atoms with van der Waals surface area (Å²) in [6.45, 7) is 7.15. The molecule has 1 fully saturated rings. The van der Waals surface area contributed by atoms with Crippen LogP contribution in [0.15, 0.2) is 6.20 Å². The molecule has 0 amide bonds. The third kappa shape index (κ3) is 3.00. The number of hydrogen-bond donors (Lipinski definition) is 1. The van der Waals surface area contributed by atoms with E-state index in [9.17, 15) is 0 Å². The lowest BCUT2D eigenvalue weighted by Gasteiger charge is -2.14. The average molecular weight is 226 g/mol. The number of nitrogens with one attached hydrogen (secondary N) is 1. The lowest BCUT2D eigenvalue weighted by atomic mass is 10.1. The van der Waals surface area contributed by atoms with Gasteiger partial charge in [-0.2, -0.15) is 0 Å². The molecule has 1 N–H and O–H groups in total. The lowest BCUT2D eigenvalue weighted by Crippen LogP contribution is -2.25. The van der Waals surface area contributed by atoms with Crippen molar-refractivity contribution >= 4 is 11.3 Å². The van der Waals surface area contributed by atoms with Gasteiger partial charge in [0.1, 0.15) is 5.01 Å². The summed E-state index contributed by atoms with van der Waals surface area (Å²) < 4.78 is 5.35. The van der Waals surface area contributed by atoms with Crippen molar-refractivity contribution < 1.29 is 4.74 Å². The minimum absolute atomic E-state index is 0.365. The van der Waals surface area contributed by atoms with E-state index in [1.54, 1.807) is 11.3 Å². The topological polar surface area (TPSA) is 34.2 Å². The van der Waals surface area contributed by atoms with Crippen LogP contribution in [0, 0.1) is 12.8 Å². The highest BCUT2D eigenvalue weighted by Gasteiger charge is 2.17. The van der Waals surface area contributed by atoms with Crippen molar-refractivity contribution in [3.8, 4) is 0 Å². The zero-order chi connectivity index (χ0) is 10.7. The third-order valence-electron chi connectivity index (χ3n) is 2.75. The van der Waals surface area contributed by atoms with Crippen molar-refractivity contribution in [1.82, 2.24) is 10.3 Å². The largest absolute Gasteiger partial charge is 0.381 e. The summed E-state index contributed by atoms with van der Waals surface area (Å²) in [6, 6.07) is 0.365. The molecule has 1 aromatic rings. The van der Waals surface area contributed by atoms with Gasteiger partial charge in [0, 0.05) is 24.2 Å². The van der Waals surface area contributed by atoms with Crippen molar-refractivity contribution in [3.63, 3.8) is 0 Å². The summed E-state index contributed by atoms with van der Waals surface area (Å²) in [5, 5.41) is 4.71. The first-order valence-electron chi connectivity index (χ1n) is 5.49. The first-order valence-corrected chi connectivity index (χ1v) is 6.31. The molecule has 0 spiro atoms. The molecule has 15 heavy (non-hydrogen) atoms. The van der Waals surface area contributed by atoms with Crippen molar-refractivity contribution in [2.24, 2.45) is 5.92 Å². The zero-order valence-electron chi connectivity index (χ0n) is 9.32. The fraction of sp³-hybridized carbons (Fsp3) is 0.727. The number of aryl methyl sites for hydroxylation is 1. The molecule has 4 heteroatoms. The quantitative estimate of drug-likeness (QED) is 0.854. The highest BCUT2D eigenvalue weighted by atomic mass is 32.1. The second-order valence-electron chi connectivity index (χ2n) is 4.17. The van der Waals surface area contributed by atoms with Gasteiger partial charge in [-0.15, -0.1) is 11.3 Å². The summed E-state index contributed by atoms with van der Waals surface area (Å²) in [5.74, 6) is 0.688. The van der Waals surface area contributed by atoms with Gasteiger partial charge in [0.2, 0.25) is 0 Å². The molecule has 3 nitrogen and oxygen atoms in total. The van der Waals surface area contributed by atoms with Gasteiger partial charge in [-0.3, -0.25) is 0 Å². The van der Waals surface area contributed by atoms with Crippen molar-refractivity contribution in [2.45, 2.75) is 26.3 Å². The zero-order valence-corrected chi connectivity index (χ0v) is 10.1. The average Bonchev–Trinajstić information content (AvgIpc) is 2.84. The predicted molar refractivity (Wildman–Crippen MR) is 62.2 cm³/mol. The van der Waals surface area contributed by atoms with E-state index in [1.165, 1.54) is 16.3 Å². The van der Waals surface area contributed by atoms with E-state index >= 15 is 0 Å². The van der Waals surface area contributed by atoms with Crippen LogP contribution in [0.2, 0.25) is 0 Å². The van der Waals surface area contributed by atoms with Gasteiger partial charge < -0.3 is 10.1 Å². The molecule has 84 valence electrons. The predicted octanol–water partition coefficient (Wildman–Crippen LogP) is 2.14. The van der Waals surface area contributed by atoms with Crippen LogP contribution in [0.3, 0.4) is 0 Å². The number of hydrogen-bond acceptors (Lipinski definition) is 4. The van der Waals surface area contributed by atoms with Crippen LogP contribution in [0.25, 0.3) is 0 Å². The summed E-state index contributed by atoms with van der Waals surface area (Å²) >= 11 is 1.77. The van der Waals surface area contributed by atoms with E-state index in [0.717, 1.165) is 19.8 Å². The summed E-state index contributed by atoms with van der Waals surface area (Å²) in [5.41, 5.74) is 0. The first-order chi connectivity index (χ1) is 7.25. The van der Waals surface area contributed by atoms with E-state index in [1.807, 2.05) is 6.20 Å². The molecule has 1 aliphatic heterocycles. The lowest BCUT2D eigenvalue weighted by molar-refractivity contribution is 0.184. The minimum atomic E-state index is 0.365. The van der Waals surface area contributed by atoms with E-state index in [0.29, 0.717) is 12.0 Å². The molecule has 1 aromatic heterocycles. The molecule has 0 saturated carbocycles. The number of thiazole rings is 1. The van der Waals surface area contributed by atoms with Gasteiger partial charge in [-0.05, 0) is 26.2 Å². The Morgan fingerprint density at radius 3 is 3.20 bits per heavy atom. The van der Waals surface area contributed by atoms with Crippen LogP contribution in [0.5, 0.6) is 0 Å². The number of ether oxygens (including phenoxy) is 1. The maximum atomic E-state index is 5.35. The Balaban J connectivity index is 1.79. The molecule has 0 radical (unpaired) electrons. The summed E-state index contributed by atoms with van der Waals surface area (Å²) in [4.78, 5) is 5.67. The van der Waals surface area contributed by atoms with Crippen LogP contribution < -0.4 is 5.32 Å². The maximum absolute atomic E-state index is 5.35. The van der Waals surface area contributed by atoms with Gasteiger partial charge >= 0.3 is 0 Å². The standard InChI is InChI=1S/C11H18N2OS/c1-8-5-13-11(15-8)9(2)12-6-10-3-4-14-7-10/h5,9-10,12H,3-4,6-7H2,1-2H3. The highest BCUT2D eigenvalue weighted by Crippen LogP contribution is 2.20. The van der Waals surface area contributed by atoms with Crippen molar-refractivity contribution in [3.05, 3.63) is 16.1 Å². The van der Waals surface area contributed by atoms with E-state index in [2.05, 4.69) is 24.1 Å². The van der Waals surface area contributed by atoms with Crippen molar-refractivity contribution in [2.75, 3.05) is 19.8 Å². The SMILES string of the molecule is Cc1cnc(C(C)NCC2CCOC2)s1. The second kappa shape index (κ2) is 5.05. The van der Waals surface area contributed by atoms with Crippen LogP contribution in [-0.4, -0.2) is 24.7 Å². The molecule has 2 rings (SSSR count). The third-order valence-corrected chi connectivity index (χ3v) is 3.84. The normalized spacial score (nSPS) is 23.2. The highest BCUT2D eigenvalue weighted by molar-refractivity contribution is 7.11. The number of rotatable bonds is 4. The minimum Gasteiger partial charge on any atom is -0.381 e. The smallest absolute Gasteiger partial charge is 0.109 e. The van der Waals surface area contributed by atoms with Crippen molar-refractivity contribution in [1.29, 1.82) is 0 Å². The molecule has 1 aliphatic rings. The Bertz CT molecular complexity index is 307. The number of aromatic nitrogens is 1. The molecule has 1 saturated heterocycles. The van der Waals surface area contributed by atoms with Gasteiger partial charge in [0.15, 0.2) is 0 Å². The fourth-order valence-corrected chi connectivity index (χ4v) is 2.55. The molecule has 2 unspecified atom stereocenters. The molecule has 2 atom stereocenters. The Kier molecular flexibility index (Phi) is 3.72. The maximum Gasteiger partial charge on any atom is 0.109 e. The van der Waals surface area contributed by atoms with E-state index in [-0.39, 0.29) is 0 Å². The Labute approximate surface area is 94.9 Å². The van der Waals surface area contributed by atoms with Crippen LogP contribution in [-0.2, 0) is 4.74 Å². The molecule has 2 heterocycles. The number of nitrogens with zero attached hydrogens (tertiary/aromatic N) is 1. The molecular weight excluding hydrogens is 208 g/mol. The molecule has 0 aliphatic carbocycles. The molecular formula is C11H18N2OS. The van der Waals surface area contributed by atoms with Gasteiger partial charge in [0.05, 0.1) is 12.6 Å². The monoisotopic (exact) mass is 226 g/mol. The Morgan fingerprint density at radius 2 is 2.60 bits per heavy atom. The van der Waals surface area contributed by atoms with Gasteiger partial charge in [-0.25, -0.2) is 4.98 Å². The van der Waals surface area contributed by atoms with Crippen LogP contribution in [0.4, 0.5) is 0 Å². The Morgan fingerprint density at radius 1 is 1.73 bits per heavy atom. The summed E-state index contributed by atoms with van der Waals surface area (Å²) in [7, 11) is 0. The van der Waals surface area contributed by atoms with Gasteiger partial charge in [0.25, 0.3) is 0 Å². The van der Waals surface area contributed by atoms with Gasteiger partial charge in [-0.1, -0.05) is 0 Å².